The van der Waals surface area contributed by atoms with Gasteiger partial charge in [-0.3, -0.25) is 4.98 Å². The average molecular weight is 253 g/mol. The van der Waals surface area contributed by atoms with Gasteiger partial charge in [-0.1, -0.05) is 6.07 Å². The minimum Gasteiger partial charge on any atom is -0.454 e. The van der Waals surface area contributed by atoms with Crippen LogP contribution >= 0.6 is 0 Å². The van der Waals surface area contributed by atoms with Gasteiger partial charge < -0.3 is 10.5 Å². The van der Waals surface area contributed by atoms with E-state index in [-0.39, 0.29) is 0 Å². The Balaban J connectivity index is 2.46. The van der Waals surface area contributed by atoms with Gasteiger partial charge in [-0.05, 0) is 38.5 Å². The third-order valence-corrected chi connectivity index (χ3v) is 2.79. The van der Waals surface area contributed by atoms with Crippen LogP contribution in [0.5, 0.6) is 11.5 Å². The molecule has 0 aliphatic heterocycles. The number of hydrogen-bond donors (Lipinski definition) is 1. The summed E-state index contributed by atoms with van der Waals surface area (Å²) >= 11 is 0. The molecule has 0 saturated heterocycles. The average Bonchev–Trinajstić information content (AvgIpc) is 2.32. The van der Waals surface area contributed by atoms with Crippen molar-refractivity contribution in [2.75, 3.05) is 5.73 Å². The van der Waals surface area contributed by atoms with Crippen LogP contribution in [0.25, 0.3) is 0 Å². The number of anilines is 1. The van der Waals surface area contributed by atoms with Gasteiger partial charge in [0.25, 0.3) is 0 Å². The van der Waals surface area contributed by atoms with Crippen LogP contribution in [0.1, 0.15) is 22.5 Å². The molecule has 0 fully saturated rings. The van der Waals surface area contributed by atoms with E-state index >= 15 is 0 Å². The second kappa shape index (κ2) is 4.99. The van der Waals surface area contributed by atoms with Crippen molar-refractivity contribution >= 4 is 5.69 Å². The number of aryl methyl sites for hydroxylation is 3. The summed E-state index contributed by atoms with van der Waals surface area (Å²) in [5, 5.41) is 9.18. The van der Waals surface area contributed by atoms with Gasteiger partial charge in [-0.15, -0.1) is 0 Å². The summed E-state index contributed by atoms with van der Waals surface area (Å²) in [6.07, 6.45) is 0. The van der Waals surface area contributed by atoms with Crippen LogP contribution in [0, 0.1) is 32.1 Å². The smallest absolute Gasteiger partial charge is 0.150 e. The Labute approximate surface area is 112 Å². The van der Waals surface area contributed by atoms with Crippen LogP contribution in [0.4, 0.5) is 5.69 Å². The highest BCUT2D eigenvalue weighted by molar-refractivity contribution is 5.57. The maximum Gasteiger partial charge on any atom is 0.150 e. The second-order valence-corrected chi connectivity index (χ2v) is 4.48. The number of nitrogens with two attached hydrogens (primary N) is 1. The highest BCUT2D eigenvalue weighted by atomic mass is 16.5. The van der Waals surface area contributed by atoms with Crippen LogP contribution in [0.3, 0.4) is 0 Å². The van der Waals surface area contributed by atoms with E-state index in [1.807, 2.05) is 26.0 Å². The Morgan fingerprint density at radius 2 is 1.89 bits per heavy atom. The van der Waals surface area contributed by atoms with Gasteiger partial charge in [-0.25, -0.2) is 0 Å². The summed E-state index contributed by atoms with van der Waals surface area (Å²) in [4.78, 5) is 4.25. The number of nitrogens with zero attached hydrogens (tertiary/aromatic N) is 2. The number of aromatic nitrogens is 1. The lowest BCUT2D eigenvalue weighted by Gasteiger charge is -2.12. The lowest BCUT2D eigenvalue weighted by Crippen LogP contribution is -1.98. The van der Waals surface area contributed by atoms with Gasteiger partial charge in [0.1, 0.15) is 23.1 Å². The number of pyridine rings is 1. The number of ether oxygens (including phenoxy) is 1. The van der Waals surface area contributed by atoms with Crippen LogP contribution in [0.15, 0.2) is 24.3 Å². The summed E-state index contributed by atoms with van der Waals surface area (Å²) in [5.41, 5.74) is 9.42. The van der Waals surface area contributed by atoms with Crippen molar-refractivity contribution < 1.29 is 4.74 Å². The molecule has 0 spiro atoms. The lowest BCUT2D eigenvalue weighted by molar-refractivity contribution is 0.481. The summed E-state index contributed by atoms with van der Waals surface area (Å²) in [5.74, 6) is 1.04. The van der Waals surface area contributed by atoms with E-state index in [0.29, 0.717) is 28.4 Å². The molecule has 96 valence electrons. The maximum atomic E-state index is 9.18. The Morgan fingerprint density at radius 3 is 2.53 bits per heavy atom. The Kier molecular flexibility index (Phi) is 3.39. The minimum absolute atomic E-state index is 0.436. The highest BCUT2D eigenvalue weighted by Crippen LogP contribution is 2.31. The zero-order valence-electron chi connectivity index (χ0n) is 11.2. The molecule has 0 atom stereocenters. The Morgan fingerprint density at radius 1 is 1.16 bits per heavy atom. The van der Waals surface area contributed by atoms with E-state index in [1.165, 1.54) is 0 Å². The maximum absolute atomic E-state index is 9.18. The fourth-order valence-electron chi connectivity index (χ4n) is 1.89. The molecule has 19 heavy (non-hydrogen) atoms. The number of hydrogen-bond acceptors (Lipinski definition) is 4. The monoisotopic (exact) mass is 253 g/mol. The zero-order valence-corrected chi connectivity index (χ0v) is 11.2. The predicted octanol–water partition coefficient (Wildman–Crippen LogP) is 3.25. The predicted molar refractivity (Wildman–Crippen MR) is 74.1 cm³/mol. The molecular formula is C15H15N3O. The van der Waals surface area contributed by atoms with Crippen molar-refractivity contribution in [3.63, 3.8) is 0 Å². The molecule has 0 bridgehead atoms. The van der Waals surface area contributed by atoms with Gasteiger partial charge in [0.05, 0.1) is 11.4 Å². The molecule has 0 saturated carbocycles. The first-order valence-corrected chi connectivity index (χ1v) is 5.93. The van der Waals surface area contributed by atoms with Crippen molar-refractivity contribution in [2.45, 2.75) is 20.8 Å². The van der Waals surface area contributed by atoms with Crippen molar-refractivity contribution in [2.24, 2.45) is 0 Å². The molecule has 0 amide bonds. The molecule has 0 unspecified atom stereocenters. The van der Waals surface area contributed by atoms with E-state index in [2.05, 4.69) is 11.1 Å². The van der Waals surface area contributed by atoms with E-state index in [4.69, 9.17) is 10.5 Å². The first-order chi connectivity index (χ1) is 9.01. The standard InChI is InChI=1S/C15H15N3O/c1-9-4-5-14(13(17)6-9)19-15-7-10(2)18-11(3)12(15)8-16/h4-7H,17H2,1-3H3. The zero-order chi connectivity index (χ0) is 14.0. The van der Waals surface area contributed by atoms with E-state index in [1.54, 1.807) is 19.1 Å². The van der Waals surface area contributed by atoms with E-state index in [0.717, 1.165) is 11.3 Å². The highest BCUT2D eigenvalue weighted by Gasteiger charge is 2.11. The summed E-state index contributed by atoms with van der Waals surface area (Å²) in [7, 11) is 0. The molecule has 0 aliphatic carbocycles. The van der Waals surface area contributed by atoms with Crippen molar-refractivity contribution in [3.8, 4) is 17.6 Å². The van der Waals surface area contributed by atoms with Gasteiger partial charge in [0.2, 0.25) is 0 Å². The first kappa shape index (κ1) is 12.9. The molecule has 1 aromatic heterocycles. The third-order valence-electron chi connectivity index (χ3n) is 2.79. The molecule has 0 aliphatic rings. The molecule has 2 aromatic rings. The molecule has 4 heteroatoms. The van der Waals surface area contributed by atoms with Crippen molar-refractivity contribution in [1.82, 2.24) is 4.98 Å². The topological polar surface area (TPSA) is 71.9 Å². The fraction of sp³-hybridized carbons (Fsp3) is 0.200. The van der Waals surface area contributed by atoms with Gasteiger partial charge in [0, 0.05) is 11.8 Å². The van der Waals surface area contributed by atoms with E-state index < -0.39 is 0 Å². The number of rotatable bonds is 2. The van der Waals surface area contributed by atoms with Gasteiger partial charge in [-0.2, -0.15) is 5.26 Å². The van der Waals surface area contributed by atoms with Crippen LogP contribution in [0.2, 0.25) is 0 Å². The Hall–Kier alpha value is -2.54. The molecular weight excluding hydrogens is 238 g/mol. The number of nitriles is 1. The quantitative estimate of drug-likeness (QED) is 0.834. The summed E-state index contributed by atoms with van der Waals surface area (Å²) in [6, 6.07) is 9.41. The lowest BCUT2D eigenvalue weighted by atomic mass is 10.1. The Bertz CT molecular complexity index is 672. The molecule has 1 aromatic carbocycles. The third kappa shape index (κ3) is 2.66. The summed E-state index contributed by atoms with van der Waals surface area (Å²) < 4.78 is 5.76. The molecule has 2 N–H and O–H groups in total. The van der Waals surface area contributed by atoms with Gasteiger partial charge in [0.15, 0.2) is 0 Å². The summed E-state index contributed by atoms with van der Waals surface area (Å²) in [6.45, 7) is 5.61. The van der Waals surface area contributed by atoms with Gasteiger partial charge >= 0.3 is 0 Å². The van der Waals surface area contributed by atoms with Crippen molar-refractivity contribution in [3.05, 3.63) is 46.8 Å². The molecule has 2 rings (SSSR count). The normalized spacial score (nSPS) is 10.0. The molecule has 0 radical (unpaired) electrons. The van der Waals surface area contributed by atoms with Crippen LogP contribution in [-0.4, -0.2) is 4.98 Å². The fourth-order valence-corrected chi connectivity index (χ4v) is 1.89. The second-order valence-electron chi connectivity index (χ2n) is 4.48. The van der Waals surface area contributed by atoms with E-state index in [9.17, 15) is 5.26 Å². The minimum atomic E-state index is 0.436. The first-order valence-electron chi connectivity index (χ1n) is 5.93. The van der Waals surface area contributed by atoms with Crippen molar-refractivity contribution in [1.29, 1.82) is 5.26 Å². The number of benzene rings is 1. The van der Waals surface area contributed by atoms with Crippen LogP contribution in [-0.2, 0) is 0 Å². The number of nitrogen functional groups attached to an aromatic ring is 1. The van der Waals surface area contributed by atoms with Crippen LogP contribution < -0.4 is 10.5 Å². The molecule has 1 heterocycles. The largest absolute Gasteiger partial charge is 0.454 e. The molecule has 4 nitrogen and oxygen atoms in total. The SMILES string of the molecule is Cc1ccc(Oc2cc(C)nc(C)c2C#N)c(N)c1.